The lowest BCUT2D eigenvalue weighted by Gasteiger charge is -1.92. The summed E-state index contributed by atoms with van der Waals surface area (Å²) in [5.74, 6) is 0. The molecular weight excluding hydrogens is 131 g/mol. The van der Waals surface area contributed by atoms with Crippen molar-refractivity contribution in [3.8, 4) is 0 Å². The summed E-state index contributed by atoms with van der Waals surface area (Å²) in [5, 5.41) is 0.889. The Kier molecular flexibility index (Phi) is 2.00. The van der Waals surface area contributed by atoms with Gasteiger partial charge in [-0.3, -0.25) is 0 Å². The number of hydrogen-bond donors (Lipinski definition) is 0. The summed E-state index contributed by atoms with van der Waals surface area (Å²) in [5.41, 5.74) is 1.20. The fourth-order valence-corrected chi connectivity index (χ4v) is 1.09. The third kappa shape index (κ3) is 1.64. The van der Waals surface area contributed by atoms with E-state index in [0.717, 1.165) is 5.19 Å². The van der Waals surface area contributed by atoms with E-state index in [-0.39, 0.29) is 0 Å². The van der Waals surface area contributed by atoms with Crippen LogP contribution in [0.15, 0.2) is 24.3 Å². The first kappa shape index (κ1) is 6.49. The summed E-state index contributed by atoms with van der Waals surface area (Å²) in [6, 6.07) is 7.62. The van der Waals surface area contributed by atoms with Crippen molar-refractivity contribution in [1.29, 1.82) is 0 Å². The second-order valence-corrected chi connectivity index (χ2v) is 3.20. The molecular formula is C7H9FSi. The van der Waals surface area contributed by atoms with Crippen molar-refractivity contribution in [1.82, 2.24) is 0 Å². The van der Waals surface area contributed by atoms with Gasteiger partial charge < -0.3 is 4.11 Å². The van der Waals surface area contributed by atoms with Crippen molar-refractivity contribution in [2.75, 3.05) is 0 Å². The van der Waals surface area contributed by atoms with Crippen LogP contribution in [-0.2, 0) is 0 Å². The molecule has 0 unspecified atom stereocenters. The molecule has 2 heteroatoms. The molecule has 0 N–H and O–H groups in total. The molecule has 9 heavy (non-hydrogen) atoms. The molecule has 0 aromatic heterocycles. The third-order valence-corrected chi connectivity index (χ3v) is 2.05. The molecule has 0 fully saturated rings. The highest BCUT2D eigenvalue weighted by Crippen LogP contribution is 1.91. The minimum Gasteiger partial charge on any atom is -0.317 e. The first-order valence-electron chi connectivity index (χ1n) is 2.94. The van der Waals surface area contributed by atoms with Crippen LogP contribution in [0.2, 0.25) is 0 Å². The maximum absolute atomic E-state index is 12.0. The van der Waals surface area contributed by atoms with Gasteiger partial charge in [0.15, 0.2) is 0 Å². The second-order valence-electron chi connectivity index (χ2n) is 2.12. The van der Waals surface area contributed by atoms with Crippen LogP contribution in [0.25, 0.3) is 0 Å². The number of halogens is 1. The number of aryl methyl sites for hydroxylation is 1. The zero-order valence-corrected chi connectivity index (χ0v) is 6.81. The van der Waals surface area contributed by atoms with Gasteiger partial charge in [0, 0.05) is 0 Å². The third-order valence-electron chi connectivity index (χ3n) is 1.27. The number of rotatable bonds is 1. The molecule has 0 atom stereocenters. The Bertz CT molecular complexity index is 181. The predicted molar refractivity (Wildman–Crippen MR) is 40.5 cm³/mol. The Hall–Kier alpha value is -0.633. The van der Waals surface area contributed by atoms with Gasteiger partial charge in [0.25, 0.3) is 0 Å². The SMILES string of the molecule is Cc1ccc([SiH2]F)cc1. The van der Waals surface area contributed by atoms with Crippen LogP contribution in [0.1, 0.15) is 5.56 Å². The first-order valence-corrected chi connectivity index (χ1v) is 4.18. The second kappa shape index (κ2) is 2.78. The molecule has 0 nitrogen and oxygen atoms in total. The molecule has 0 heterocycles. The Labute approximate surface area is 56.7 Å². The van der Waals surface area contributed by atoms with E-state index in [9.17, 15) is 4.11 Å². The smallest absolute Gasteiger partial charge is 0.247 e. The first-order chi connectivity index (χ1) is 4.33. The fraction of sp³-hybridized carbons (Fsp3) is 0.143. The largest absolute Gasteiger partial charge is 0.317 e. The van der Waals surface area contributed by atoms with Crippen LogP contribution in [0, 0.1) is 6.92 Å². The van der Waals surface area contributed by atoms with E-state index in [4.69, 9.17) is 0 Å². The van der Waals surface area contributed by atoms with E-state index < -0.39 is 9.85 Å². The van der Waals surface area contributed by atoms with Gasteiger partial charge in [0.1, 0.15) is 0 Å². The molecule has 1 aromatic rings. The van der Waals surface area contributed by atoms with Gasteiger partial charge in [-0.1, -0.05) is 29.8 Å². The summed E-state index contributed by atoms with van der Waals surface area (Å²) in [4.78, 5) is 0. The van der Waals surface area contributed by atoms with Crippen LogP contribution in [0.3, 0.4) is 0 Å². The maximum Gasteiger partial charge on any atom is 0.247 e. The van der Waals surface area contributed by atoms with Crippen LogP contribution >= 0.6 is 0 Å². The van der Waals surface area contributed by atoms with Gasteiger partial charge in [0.2, 0.25) is 9.85 Å². The summed E-state index contributed by atoms with van der Waals surface area (Å²) in [7, 11) is -1.42. The van der Waals surface area contributed by atoms with Crippen molar-refractivity contribution in [2.45, 2.75) is 6.92 Å². The Morgan fingerprint density at radius 2 is 1.78 bits per heavy atom. The zero-order chi connectivity index (χ0) is 6.69. The maximum atomic E-state index is 12.0. The van der Waals surface area contributed by atoms with Crippen molar-refractivity contribution < 1.29 is 4.11 Å². The molecule has 0 bridgehead atoms. The molecule has 0 spiro atoms. The highest BCUT2D eigenvalue weighted by Gasteiger charge is 1.88. The summed E-state index contributed by atoms with van der Waals surface area (Å²) in [6.45, 7) is 2.00. The molecule has 0 saturated carbocycles. The average molecular weight is 140 g/mol. The molecule has 0 radical (unpaired) electrons. The van der Waals surface area contributed by atoms with Crippen molar-refractivity contribution in [3.05, 3.63) is 29.8 Å². The van der Waals surface area contributed by atoms with E-state index in [1.807, 2.05) is 31.2 Å². The van der Waals surface area contributed by atoms with E-state index in [0.29, 0.717) is 0 Å². The lowest BCUT2D eigenvalue weighted by Crippen LogP contribution is -2.07. The van der Waals surface area contributed by atoms with E-state index in [1.54, 1.807) is 0 Å². The van der Waals surface area contributed by atoms with Gasteiger partial charge in [0.05, 0.1) is 0 Å². The standard InChI is InChI=1S/C7H9FSi/c1-6-2-4-7(9-8)5-3-6/h2-5H,9H2,1H3. The highest BCUT2D eigenvalue weighted by molar-refractivity contribution is 6.46. The topological polar surface area (TPSA) is 0 Å². The van der Waals surface area contributed by atoms with E-state index in [1.165, 1.54) is 5.56 Å². The molecule has 0 aliphatic heterocycles. The molecule has 48 valence electrons. The Balaban J connectivity index is 2.88. The lowest BCUT2D eigenvalue weighted by molar-refractivity contribution is 0.885. The predicted octanol–water partition coefficient (Wildman–Crippen LogP) is 0.674. The van der Waals surface area contributed by atoms with Crippen molar-refractivity contribution >= 4 is 15.0 Å². The molecule has 0 amide bonds. The van der Waals surface area contributed by atoms with E-state index in [2.05, 4.69) is 0 Å². The average Bonchev–Trinajstić information content (AvgIpc) is 1.90. The van der Waals surface area contributed by atoms with Crippen LogP contribution in [-0.4, -0.2) is 9.85 Å². The fourth-order valence-electron chi connectivity index (χ4n) is 0.677. The molecule has 0 saturated heterocycles. The Morgan fingerprint density at radius 1 is 1.22 bits per heavy atom. The number of benzene rings is 1. The van der Waals surface area contributed by atoms with Gasteiger partial charge in [-0.05, 0) is 12.1 Å². The van der Waals surface area contributed by atoms with Gasteiger partial charge in [-0.15, -0.1) is 0 Å². The van der Waals surface area contributed by atoms with Gasteiger partial charge >= 0.3 is 0 Å². The minimum absolute atomic E-state index is 0.889. The molecule has 0 aliphatic carbocycles. The summed E-state index contributed by atoms with van der Waals surface area (Å²) < 4.78 is 12.0. The summed E-state index contributed by atoms with van der Waals surface area (Å²) >= 11 is 0. The normalized spacial score (nSPS) is 10.9. The molecule has 0 aliphatic rings. The lowest BCUT2D eigenvalue weighted by atomic mass is 10.2. The van der Waals surface area contributed by atoms with Crippen LogP contribution < -0.4 is 5.19 Å². The minimum atomic E-state index is -1.42. The molecule has 1 rings (SSSR count). The zero-order valence-electron chi connectivity index (χ0n) is 5.39. The monoisotopic (exact) mass is 140 g/mol. The molecule has 1 aromatic carbocycles. The Morgan fingerprint density at radius 3 is 2.22 bits per heavy atom. The van der Waals surface area contributed by atoms with Gasteiger partial charge in [-0.2, -0.15) is 0 Å². The number of hydrogen-bond acceptors (Lipinski definition) is 0. The van der Waals surface area contributed by atoms with Crippen molar-refractivity contribution in [3.63, 3.8) is 0 Å². The van der Waals surface area contributed by atoms with Gasteiger partial charge in [-0.25, -0.2) is 0 Å². The highest BCUT2D eigenvalue weighted by atomic mass is 28.3. The van der Waals surface area contributed by atoms with Crippen LogP contribution in [0.4, 0.5) is 4.11 Å². The van der Waals surface area contributed by atoms with Crippen molar-refractivity contribution in [2.24, 2.45) is 0 Å². The van der Waals surface area contributed by atoms with E-state index >= 15 is 0 Å². The van der Waals surface area contributed by atoms with Crippen LogP contribution in [0.5, 0.6) is 0 Å². The quantitative estimate of drug-likeness (QED) is 0.397. The summed E-state index contributed by atoms with van der Waals surface area (Å²) in [6.07, 6.45) is 0.